The van der Waals surface area contributed by atoms with Gasteiger partial charge < -0.3 is 26.4 Å². The number of carbonyl (C=O) groups excluding carboxylic acids is 2. The highest BCUT2D eigenvalue weighted by Crippen LogP contribution is 1.97. The Balaban J connectivity index is 4.07. The maximum Gasteiger partial charge on any atom is 0.326 e. The van der Waals surface area contributed by atoms with Crippen LogP contribution in [0.15, 0.2) is 0 Å². The van der Waals surface area contributed by atoms with Gasteiger partial charge in [-0.05, 0) is 19.5 Å². The van der Waals surface area contributed by atoms with Crippen molar-refractivity contribution in [3.63, 3.8) is 0 Å². The van der Waals surface area contributed by atoms with E-state index in [9.17, 15) is 14.4 Å². The van der Waals surface area contributed by atoms with E-state index >= 15 is 0 Å². The lowest BCUT2D eigenvalue weighted by Crippen LogP contribution is -2.47. The van der Waals surface area contributed by atoms with E-state index in [1.54, 1.807) is 0 Å². The second-order valence-electron chi connectivity index (χ2n) is 4.32. The number of nitrogens with one attached hydrogen (secondary N) is 2. The molecule has 0 heterocycles. The molecule has 20 heavy (non-hydrogen) atoms. The van der Waals surface area contributed by atoms with E-state index in [2.05, 4.69) is 15.5 Å². The van der Waals surface area contributed by atoms with Gasteiger partial charge in [0.15, 0.2) is 0 Å². The van der Waals surface area contributed by atoms with Crippen LogP contribution >= 0.6 is 0 Å². The van der Waals surface area contributed by atoms with Crippen molar-refractivity contribution in [3.05, 3.63) is 0 Å². The van der Waals surface area contributed by atoms with Gasteiger partial charge in [0.05, 0.1) is 0 Å². The largest absolute Gasteiger partial charge is 0.480 e. The number of aliphatic carboxylic acids is 1. The summed E-state index contributed by atoms with van der Waals surface area (Å²) < 4.78 is 0. The molecular formula is C12H24N4O4. The van der Waals surface area contributed by atoms with Crippen molar-refractivity contribution < 1.29 is 19.5 Å². The highest BCUT2D eigenvalue weighted by molar-refractivity contribution is 5.83. The second kappa shape index (κ2) is 10.0. The molecule has 0 saturated carbocycles. The van der Waals surface area contributed by atoms with Gasteiger partial charge >= 0.3 is 12.0 Å². The molecule has 8 nitrogen and oxygen atoms in total. The van der Waals surface area contributed by atoms with Gasteiger partial charge in [-0.15, -0.1) is 0 Å². The van der Waals surface area contributed by atoms with E-state index in [0.717, 1.165) is 13.1 Å². The predicted octanol–water partition coefficient (Wildman–Crippen LogP) is -0.654. The SMILES string of the molecule is CCN(CC)CCNC(=O)NC(CCC(N)=O)C(=O)O. The molecule has 0 fully saturated rings. The summed E-state index contributed by atoms with van der Waals surface area (Å²) in [7, 11) is 0. The molecule has 0 aromatic carbocycles. The number of hydrogen-bond donors (Lipinski definition) is 4. The first kappa shape index (κ1) is 18.2. The van der Waals surface area contributed by atoms with Gasteiger partial charge in [-0.1, -0.05) is 13.8 Å². The summed E-state index contributed by atoms with van der Waals surface area (Å²) in [4.78, 5) is 35.2. The molecule has 116 valence electrons. The standard InChI is InChI=1S/C12H24N4O4/c1-3-16(4-2)8-7-14-12(20)15-9(11(18)19)5-6-10(13)17/h9H,3-8H2,1-2H3,(H2,13,17)(H,18,19)(H2,14,15,20). The van der Waals surface area contributed by atoms with E-state index in [4.69, 9.17) is 10.8 Å². The Kier molecular flexibility index (Phi) is 9.10. The van der Waals surface area contributed by atoms with Crippen LogP contribution in [-0.4, -0.2) is 60.1 Å². The number of urea groups is 1. The zero-order valence-electron chi connectivity index (χ0n) is 12.0. The Morgan fingerprint density at radius 3 is 2.30 bits per heavy atom. The van der Waals surface area contributed by atoms with Crippen LogP contribution in [0.4, 0.5) is 4.79 Å². The molecule has 0 aliphatic rings. The Morgan fingerprint density at radius 1 is 1.25 bits per heavy atom. The first-order chi connectivity index (χ1) is 9.40. The lowest BCUT2D eigenvalue weighted by Gasteiger charge is -2.19. The van der Waals surface area contributed by atoms with E-state index in [1.165, 1.54) is 0 Å². The van der Waals surface area contributed by atoms with Crippen molar-refractivity contribution >= 4 is 17.9 Å². The molecule has 0 radical (unpaired) electrons. The average Bonchev–Trinajstić information content (AvgIpc) is 2.39. The van der Waals surface area contributed by atoms with E-state index in [1.807, 2.05) is 13.8 Å². The minimum Gasteiger partial charge on any atom is -0.480 e. The minimum absolute atomic E-state index is 0.0197. The van der Waals surface area contributed by atoms with Gasteiger partial charge in [-0.3, -0.25) is 4.79 Å². The number of likely N-dealkylation sites (N-methyl/N-ethyl adjacent to an activating group) is 1. The number of primary amides is 1. The van der Waals surface area contributed by atoms with Gasteiger partial charge in [-0.25, -0.2) is 9.59 Å². The van der Waals surface area contributed by atoms with Crippen molar-refractivity contribution in [1.82, 2.24) is 15.5 Å². The first-order valence-corrected chi connectivity index (χ1v) is 6.68. The lowest BCUT2D eigenvalue weighted by atomic mass is 10.1. The molecule has 0 spiro atoms. The highest BCUT2D eigenvalue weighted by Gasteiger charge is 2.20. The fourth-order valence-electron chi connectivity index (χ4n) is 1.62. The number of nitrogens with zero attached hydrogens (tertiary/aromatic N) is 1. The molecule has 0 aromatic rings. The molecule has 0 aliphatic carbocycles. The molecule has 1 atom stereocenters. The third kappa shape index (κ3) is 8.30. The number of nitrogens with two attached hydrogens (primary N) is 1. The lowest BCUT2D eigenvalue weighted by molar-refractivity contribution is -0.139. The summed E-state index contributed by atoms with van der Waals surface area (Å²) in [6.07, 6.45) is -0.106. The van der Waals surface area contributed by atoms with Crippen LogP contribution in [0.25, 0.3) is 0 Å². The number of rotatable bonds is 10. The summed E-state index contributed by atoms with van der Waals surface area (Å²) in [6, 6.07) is -1.68. The quantitative estimate of drug-likeness (QED) is 0.425. The molecule has 0 saturated heterocycles. The molecule has 8 heteroatoms. The van der Waals surface area contributed by atoms with E-state index in [-0.39, 0.29) is 12.8 Å². The Morgan fingerprint density at radius 2 is 1.85 bits per heavy atom. The first-order valence-electron chi connectivity index (χ1n) is 6.68. The Bertz CT molecular complexity index is 331. The third-order valence-electron chi connectivity index (χ3n) is 2.89. The number of carboxylic acid groups (broad SMARTS) is 1. The van der Waals surface area contributed by atoms with Crippen LogP contribution in [0.2, 0.25) is 0 Å². The van der Waals surface area contributed by atoms with Crippen LogP contribution in [0.5, 0.6) is 0 Å². The number of amides is 3. The Hall–Kier alpha value is -1.83. The number of carbonyl (C=O) groups is 3. The van der Waals surface area contributed by atoms with Crippen LogP contribution in [0.3, 0.4) is 0 Å². The second-order valence-corrected chi connectivity index (χ2v) is 4.32. The normalized spacial score (nSPS) is 11.9. The summed E-state index contributed by atoms with van der Waals surface area (Å²) in [6.45, 7) is 6.93. The fourth-order valence-corrected chi connectivity index (χ4v) is 1.62. The average molecular weight is 288 g/mol. The summed E-state index contributed by atoms with van der Waals surface area (Å²) >= 11 is 0. The van der Waals surface area contributed by atoms with Crippen LogP contribution in [-0.2, 0) is 9.59 Å². The van der Waals surface area contributed by atoms with Gasteiger partial charge in [0.2, 0.25) is 5.91 Å². The molecule has 0 aliphatic heterocycles. The van der Waals surface area contributed by atoms with E-state index < -0.39 is 23.9 Å². The maximum atomic E-state index is 11.5. The third-order valence-corrected chi connectivity index (χ3v) is 2.89. The van der Waals surface area contributed by atoms with Gasteiger partial charge in [-0.2, -0.15) is 0 Å². The van der Waals surface area contributed by atoms with Crippen molar-refractivity contribution in [2.75, 3.05) is 26.2 Å². The maximum absolute atomic E-state index is 11.5. The smallest absolute Gasteiger partial charge is 0.326 e. The highest BCUT2D eigenvalue weighted by atomic mass is 16.4. The van der Waals surface area contributed by atoms with Gasteiger partial charge in [0.25, 0.3) is 0 Å². The summed E-state index contributed by atoms with van der Waals surface area (Å²) in [5.74, 6) is -1.79. The predicted molar refractivity (Wildman–Crippen MR) is 74.2 cm³/mol. The zero-order valence-corrected chi connectivity index (χ0v) is 12.0. The summed E-state index contributed by atoms with van der Waals surface area (Å²) in [5, 5.41) is 13.8. The molecular weight excluding hydrogens is 264 g/mol. The van der Waals surface area contributed by atoms with Crippen LogP contribution < -0.4 is 16.4 Å². The van der Waals surface area contributed by atoms with Crippen molar-refractivity contribution in [1.29, 1.82) is 0 Å². The molecule has 0 bridgehead atoms. The molecule has 5 N–H and O–H groups in total. The van der Waals surface area contributed by atoms with Crippen LogP contribution in [0, 0.1) is 0 Å². The van der Waals surface area contributed by atoms with Gasteiger partial charge in [0, 0.05) is 19.5 Å². The van der Waals surface area contributed by atoms with Crippen molar-refractivity contribution in [2.24, 2.45) is 5.73 Å². The molecule has 0 rings (SSSR count). The van der Waals surface area contributed by atoms with Crippen LogP contribution in [0.1, 0.15) is 26.7 Å². The van der Waals surface area contributed by atoms with Gasteiger partial charge in [0.1, 0.15) is 6.04 Å². The molecule has 0 aromatic heterocycles. The van der Waals surface area contributed by atoms with E-state index in [0.29, 0.717) is 13.1 Å². The number of hydrogen-bond acceptors (Lipinski definition) is 4. The molecule has 3 amide bonds. The fraction of sp³-hybridized carbons (Fsp3) is 0.750. The van der Waals surface area contributed by atoms with Crippen molar-refractivity contribution in [3.8, 4) is 0 Å². The molecule has 1 unspecified atom stereocenters. The zero-order chi connectivity index (χ0) is 15.5. The monoisotopic (exact) mass is 288 g/mol. The number of carboxylic acids is 1. The van der Waals surface area contributed by atoms with Crippen molar-refractivity contribution in [2.45, 2.75) is 32.7 Å². The Labute approximate surface area is 118 Å². The summed E-state index contributed by atoms with van der Waals surface area (Å²) in [5.41, 5.74) is 4.95. The topological polar surface area (TPSA) is 125 Å². The minimum atomic E-state index is -1.19.